The summed E-state index contributed by atoms with van der Waals surface area (Å²) in [7, 11) is 0. The molecule has 0 radical (unpaired) electrons. The number of aliphatic carboxylic acids is 1. The highest BCUT2D eigenvalue weighted by Crippen LogP contribution is 2.46. The summed E-state index contributed by atoms with van der Waals surface area (Å²) < 4.78 is 38.0. The fourth-order valence-corrected chi connectivity index (χ4v) is 5.40. The van der Waals surface area contributed by atoms with Crippen molar-refractivity contribution in [2.24, 2.45) is 5.92 Å². The first-order chi connectivity index (χ1) is 15.2. The maximum Gasteiger partial charge on any atom is 0.490 e. The number of carbonyl (C=O) groups excluding carboxylic acids is 1. The molecule has 0 bridgehead atoms. The van der Waals surface area contributed by atoms with E-state index < -0.39 is 12.1 Å². The molecule has 1 aromatic heterocycles. The number of amides is 1. The third kappa shape index (κ3) is 5.35. The lowest BCUT2D eigenvalue weighted by molar-refractivity contribution is -0.192. The van der Waals surface area contributed by atoms with E-state index in [1.54, 1.807) is 6.20 Å². The quantitative estimate of drug-likeness (QED) is 0.731. The summed E-state index contributed by atoms with van der Waals surface area (Å²) in [5.74, 6) is -0.757. The Morgan fingerprint density at radius 1 is 1.25 bits per heavy atom. The highest BCUT2D eigenvalue weighted by Gasteiger charge is 2.51. The number of fused-ring (bicyclic) bond motifs is 1. The van der Waals surface area contributed by atoms with Crippen molar-refractivity contribution >= 4 is 34.5 Å². The van der Waals surface area contributed by atoms with Crippen LogP contribution in [0.1, 0.15) is 29.6 Å². The molecule has 3 fully saturated rings. The number of rotatable bonds is 4. The van der Waals surface area contributed by atoms with Gasteiger partial charge >= 0.3 is 12.1 Å². The smallest absolute Gasteiger partial charge is 0.475 e. The third-order valence-electron chi connectivity index (χ3n) is 5.76. The largest absolute Gasteiger partial charge is 0.490 e. The summed E-state index contributed by atoms with van der Waals surface area (Å²) in [5, 5.41) is 8.15. The molecule has 3 heterocycles. The first-order valence-electron chi connectivity index (χ1n) is 10.3. The number of para-hydroxylation sites is 1. The van der Waals surface area contributed by atoms with Crippen LogP contribution in [-0.2, 0) is 9.53 Å². The molecule has 1 amide bonds. The summed E-state index contributed by atoms with van der Waals surface area (Å²) in [4.78, 5) is 28.0. The van der Waals surface area contributed by atoms with Gasteiger partial charge in [0.25, 0.3) is 5.91 Å². The first kappa shape index (κ1) is 22.8. The van der Waals surface area contributed by atoms with Crippen LogP contribution in [0.3, 0.4) is 0 Å². The molecule has 1 atom stereocenters. The van der Waals surface area contributed by atoms with Crippen LogP contribution < -0.4 is 0 Å². The van der Waals surface area contributed by atoms with Crippen molar-refractivity contribution in [3.8, 4) is 0 Å². The molecule has 2 aromatic rings. The summed E-state index contributed by atoms with van der Waals surface area (Å²) in [6, 6.07) is 9.88. The molecular weight excluding hydrogens is 445 g/mol. The Morgan fingerprint density at radius 2 is 1.94 bits per heavy atom. The van der Waals surface area contributed by atoms with E-state index >= 15 is 0 Å². The number of pyridine rings is 1. The monoisotopic (exact) mass is 468 g/mol. The number of alkyl halides is 3. The van der Waals surface area contributed by atoms with Gasteiger partial charge in [0.2, 0.25) is 0 Å². The molecule has 2 aliphatic heterocycles. The van der Waals surface area contributed by atoms with Gasteiger partial charge in [-0.2, -0.15) is 13.2 Å². The number of hydrogen-bond acceptors (Lipinski definition) is 5. The van der Waals surface area contributed by atoms with Gasteiger partial charge in [0.1, 0.15) is 0 Å². The van der Waals surface area contributed by atoms with Crippen molar-refractivity contribution in [1.29, 1.82) is 0 Å². The number of hydrogen-bond donors (Lipinski definition) is 1. The highest BCUT2D eigenvalue weighted by atomic mass is 32.2. The van der Waals surface area contributed by atoms with Gasteiger partial charge in [0.15, 0.2) is 0 Å². The number of likely N-dealkylation sites (tertiary alicyclic amines) is 1. The van der Waals surface area contributed by atoms with Gasteiger partial charge in [-0.3, -0.25) is 9.78 Å². The molecule has 1 aliphatic carbocycles. The summed E-state index contributed by atoms with van der Waals surface area (Å²) in [6.45, 7) is 2.62. The van der Waals surface area contributed by atoms with Crippen molar-refractivity contribution in [3.05, 3.63) is 42.1 Å². The summed E-state index contributed by atoms with van der Waals surface area (Å²) >= 11 is 2.00. The number of benzene rings is 1. The number of carbonyl (C=O) groups is 2. The van der Waals surface area contributed by atoms with Crippen molar-refractivity contribution in [1.82, 2.24) is 9.88 Å². The van der Waals surface area contributed by atoms with E-state index in [2.05, 4.69) is 4.98 Å². The first-order valence-corrected chi connectivity index (χ1v) is 11.3. The van der Waals surface area contributed by atoms with Crippen LogP contribution >= 0.6 is 11.8 Å². The minimum atomic E-state index is -5.08. The molecule has 32 heavy (non-hydrogen) atoms. The third-order valence-corrected chi connectivity index (χ3v) is 7.34. The van der Waals surface area contributed by atoms with Crippen molar-refractivity contribution in [2.45, 2.75) is 36.3 Å². The van der Waals surface area contributed by atoms with Crippen LogP contribution in [0, 0.1) is 5.92 Å². The zero-order valence-corrected chi connectivity index (χ0v) is 18.0. The van der Waals surface area contributed by atoms with Crippen LogP contribution in [-0.4, -0.2) is 69.3 Å². The van der Waals surface area contributed by atoms with Crippen LogP contribution in [0.25, 0.3) is 10.9 Å². The van der Waals surface area contributed by atoms with Crippen LogP contribution in [0.4, 0.5) is 13.2 Å². The van der Waals surface area contributed by atoms with E-state index in [1.165, 1.54) is 12.8 Å². The molecule has 1 aromatic carbocycles. The standard InChI is InChI=1S/C20H22N2O2S.C2HF3O2/c23-19(16-7-15-3-1-2-4-18(15)21-9-16)22-12-20(13-22)8-17(11-25-20)24-10-14-5-6-14;3-2(4,5)1(6)7/h1-4,7,9,14,17H,5-6,8,10-13H2;(H,6,7). The van der Waals surface area contributed by atoms with Gasteiger partial charge < -0.3 is 14.7 Å². The van der Waals surface area contributed by atoms with Gasteiger partial charge in [-0.25, -0.2) is 4.79 Å². The van der Waals surface area contributed by atoms with Crippen LogP contribution in [0.2, 0.25) is 0 Å². The predicted octanol–water partition coefficient (Wildman–Crippen LogP) is 3.99. The minimum Gasteiger partial charge on any atom is -0.475 e. The molecular formula is C22H23F3N2O4S. The van der Waals surface area contributed by atoms with Gasteiger partial charge in [-0.1, -0.05) is 18.2 Å². The fourth-order valence-electron chi connectivity index (χ4n) is 3.85. The number of carboxylic acid groups (broad SMARTS) is 1. The Labute approximate surface area is 187 Å². The number of carboxylic acids is 1. The lowest BCUT2D eigenvalue weighted by Gasteiger charge is -2.47. The Hall–Kier alpha value is -2.33. The second-order valence-electron chi connectivity index (χ2n) is 8.48. The van der Waals surface area contributed by atoms with E-state index in [9.17, 15) is 18.0 Å². The van der Waals surface area contributed by atoms with Crippen molar-refractivity contribution in [3.63, 3.8) is 0 Å². The van der Waals surface area contributed by atoms with E-state index in [0.717, 1.165) is 48.7 Å². The number of aromatic nitrogens is 1. The molecule has 3 aliphatic rings. The number of halogens is 3. The lowest BCUT2D eigenvalue weighted by atomic mass is 9.92. The summed E-state index contributed by atoms with van der Waals surface area (Å²) in [5.41, 5.74) is 1.62. The van der Waals surface area contributed by atoms with E-state index in [4.69, 9.17) is 14.6 Å². The number of nitrogens with zero attached hydrogens (tertiary/aromatic N) is 2. The molecule has 2 saturated heterocycles. The van der Waals surface area contributed by atoms with Crippen LogP contribution in [0.15, 0.2) is 36.5 Å². The van der Waals surface area contributed by atoms with E-state index in [-0.39, 0.29) is 10.7 Å². The molecule has 172 valence electrons. The predicted molar refractivity (Wildman–Crippen MR) is 114 cm³/mol. The zero-order valence-electron chi connectivity index (χ0n) is 17.2. The lowest BCUT2D eigenvalue weighted by Crippen LogP contribution is -2.60. The summed E-state index contributed by atoms with van der Waals surface area (Å²) in [6.07, 6.45) is 0.772. The zero-order chi connectivity index (χ0) is 22.9. The van der Waals surface area contributed by atoms with Gasteiger partial charge in [-0.05, 0) is 37.3 Å². The Kier molecular flexibility index (Phi) is 6.35. The normalized spacial score (nSPS) is 21.7. The molecule has 6 nitrogen and oxygen atoms in total. The molecule has 5 rings (SSSR count). The molecule has 1 N–H and O–H groups in total. The van der Waals surface area contributed by atoms with Gasteiger partial charge in [0, 0.05) is 37.0 Å². The molecule has 1 unspecified atom stereocenters. The average Bonchev–Trinajstić information content (AvgIpc) is 3.47. The van der Waals surface area contributed by atoms with Gasteiger partial charge in [0.05, 0.1) is 21.9 Å². The van der Waals surface area contributed by atoms with E-state index in [1.807, 2.05) is 47.0 Å². The maximum atomic E-state index is 12.8. The van der Waals surface area contributed by atoms with Crippen molar-refractivity contribution in [2.75, 3.05) is 25.4 Å². The Morgan fingerprint density at radius 3 is 2.59 bits per heavy atom. The number of ether oxygens (including phenoxy) is 1. The second-order valence-corrected chi connectivity index (χ2v) is 9.97. The highest BCUT2D eigenvalue weighted by molar-refractivity contribution is 8.01. The van der Waals surface area contributed by atoms with Crippen LogP contribution in [0.5, 0.6) is 0 Å². The average molecular weight is 468 g/mol. The second kappa shape index (κ2) is 8.90. The Balaban J connectivity index is 0.000000307. The Bertz CT molecular complexity index is 1010. The van der Waals surface area contributed by atoms with E-state index in [0.29, 0.717) is 11.7 Å². The number of thioether (sulfide) groups is 1. The molecule has 1 saturated carbocycles. The topological polar surface area (TPSA) is 79.7 Å². The fraction of sp³-hybridized carbons (Fsp3) is 0.500. The maximum absolute atomic E-state index is 12.8. The van der Waals surface area contributed by atoms with Gasteiger partial charge in [-0.15, -0.1) is 11.8 Å². The minimum absolute atomic E-state index is 0.104. The van der Waals surface area contributed by atoms with Crippen molar-refractivity contribution < 1.29 is 32.6 Å². The molecule has 10 heteroatoms. The molecule has 1 spiro atoms. The SMILES string of the molecule is O=C(O)C(F)(F)F.O=C(c1cnc2ccccc2c1)N1CC2(CC(OCC3CC3)CS2)C1.